The Morgan fingerprint density at radius 2 is 2.05 bits per heavy atom. The molecule has 4 heteroatoms. The second-order valence-corrected chi connectivity index (χ2v) is 6.33. The summed E-state index contributed by atoms with van der Waals surface area (Å²) in [6.07, 6.45) is 0.992. The van der Waals surface area contributed by atoms with Crippen LogP contribution in [0.5, 0.6) is 0 Å². The number of fused-ring (bicyclic) bond motifs is 1. The zero-order valence-corrected chi connectivity index (χ0v) is 13.9. The Balaban J connectivity index is 2.28. The van der Waals surface area contributed by atoms with Crippen LogP contribution < -0.4 is 10.9 Å². The van der Waals surface area contributed by atoms with Crippen LogP contribution in [0.25, 0.3) is 0 Å². The molecule has 0 aliphatic carbocycles. The Kier molecular flexibility index (Phi) is 5.59. The molecule has 1 aromatic rings. The third kappa shape index (κ3) is 3.74. The molecule has 0 amide bonds. The van der Waals surface area contributed by atoms with E-state index in [1.807, 2.05) is 4.57 Å². The standard InChI is InChI=1S/C17H29N3O/c1-5-19-8-7-16-15(12-19)9-14(11-18-10-13(3)4)17(21)20(16)6-2/h9,13,18H,5-8,10-12H2,1-4H3. The van der Waals surface area contributed by atoms with E-state index in [1.54, 1.807) is 0 Å². The normalized spacial score (nSPS) is 15.5. The van der Waals surface area contributed by atoms with E-state index in [9.17, 15) is 4.79 Å². The quantitative estimate of drug-likeness (QED) is 0.871. The molecule has 0 radical (unpaired) electrons. The summed E-state index contributed by atoms with van der Waals surface area (Å²) in [5.74, 6) is 0.603. The maximum absolute atomic E-state index is 12.6. The topological polar surface area (TPSA) is 37.3 Å². The molecule has 1 aromatic heterocycles. The highest BCUT2D eigenvalue weighted by Crippen LogP contribution is 2.18. The lowest BCUT2D eigenvalue weighted by atomic mass is 10.0. The zero-order chi connectivity index (χ0) is 15.4. The van der Waals surface area contributed by atoms with Gasteiger partial charge in [0, 0.05) is 43.9 Å². The van der Waals surface area contributed by atoms with Crippen LogP contribution in [0.3, 0.4) is 0 Å². The molecule has 1 aliphatic heterocycles. The Hall–Kier alpha value is -1.13. The third-order valence-corrected chi connectivity index (χ3v) is 4.26. The lowest BCUT2D eigenvalue weighted by Crippen LogP contribution is -2.37. The fourth-order valence-electron chi connectivity index (χ4n) is 3.07. The predicted molar refractivity (Wildman–Crippen MR) is 87.6 cm³/mol. The van der Waals surface area contributed by atoms with Crippen molar-refractivity contribution < 1.29 is 0 Å². The zero-order valence-electron chi connectivity index (χ0n) is 13.9. The molecule has 0 fully saturated rings. The molecule has 4 nitrogen and oxygen atoms in total. The molecule has 0 bridgehead atoms. The molecule has 1 N–H and O–H groups in total. The first kappa shape index (κ1) is 16.2. The fourth-order valence-corrected chi connectivity index (χ4v) is 3.07. The first-order chi connectivity index (χ1) is 10.1. The maximum atomic E-state index is 12.6. The van der Waals surface area contributed by atoms with Gasteiger partial charge in [0.2, 0.25) is 0 Å². The highest BCUT2D eigenvalue weighted by atomic mass is 16.1. The fraction of sp³-hybridized carbons (Fsp3) is 0.706. The number of likely N-dealkylation sites (N-methyl/N-ethyl adjacent to an activating group) is 1. The summed E-state index contributed by atoms with van der Waals surface area (Å²) in [6, 6.07) is 2.14. The van der Waals surface area contributed by atoms with E-state index in [2.05, 4.69) is 44.0 Å². The summed E-state index contributed by atoms with van der Waals surface area (Å²) in [7, 11) is 0. The molecule has 2 heterocycles. The Morgan fingerprint density at radius 3 is 2.67 bits per heavy atom. The van der Waals surface area contributed by atoms with Crippen LogP contribution in [0.4, 0.5) is 0 Å². The van der Waals surface area contributed by atoms with E-state index in [0.717, 1.165) is 44.7 Å². The van der Waals surface area contributed by atoms with Crippen LogP contribution in [-0.2, 0) is 26.1 Å². The smallest absolute Gasteiger partial charge is 0.255 e. The lowest BCUT2D eigenvalue weighted by molar-refractivity contribution is 0.261. The summed E-state index contributed by atoms with van der Waals surface area (Å²) >= 11 is 0. The Bertz CT molecular complexity index is 534. The largest absolute Gasteiger partial charge is 0.312 e. The van der Waals surface area contributed by atoms with Gasteiger partial charge in [-0.25, -0.2) is 0 Å². The third-order valence-electron chi connectivity index (χ3n) is 4.26. The molecule has 0 saturated carbocycles. The van der Waals surface area contributed by atoms with Gasteiger partial charge in [0.15, 0.2) is 0 Å². The molecule has 118 valence electrons. The van der Waals surface area contributed by atoms with Crippen molar-refractivity contribution in [1.29, 1.82) is 0 Å². The van der Waals surface area contributed by atoms with Crippen molar-refractivity contribution in [2.75, 3.05) is 19.6 Å². The summed E-state index contributed by atoms with van der Waals surface area (Å²) in [5, 5.41) is 3.40. The molecular formula is C17H29N3O. The number of hydrogen-bond acceptors (Lipinski definition) is 3. The van der Waals surface area contributed by atoms with Crippen molar-refractivity contribution in [2.45, 2.75) is 53.8 Å². The first-order valence-corrected chi connectivity index (χ1v) is 8.24. The van der Waals surface area contributed by atoms with E-state index >= 15 is 0 Å². The number of nitrogens with one attached hydrogen (secondary N) is 1. The van der Waals surface area contributed by atoms with Gasteiger partial charge in [-0.05, 0) is 37.6 Å². The molecule has 1 aliphatic rings. The predicted octanol–water partition coefficient (Wildman–Crippen LogP) is 1.99. The highest BCUT2D eigenvalue weighted by Gasteiger charge is 2.20. The lowest BCUT2D eigenvalue weighted by Gasteiger charge is -2.30. The SMILES string of the molecule is CCN1CCc2c(cc(CNCC(C)C)c(=O)n2CC)C1. The van der Waals surface area contributed by atoms with E-state index in [1.165, 1.54) is 11.3 Å². The molecule has 21 heavy (non-hydrogen) atoms. The highest BCUT2D eigenvalue weighted by molar-refractivity contribution is 5.29. The van der Waals surface area contributed by atoms with Crippen molar-refractivity contribution in [3.63, 3.8) is 0 Å². The molecule has 0 unspecified atom stereocenters. The van der Waals surface area contributed by atoms with Crippen molar-refractivity contribution in [2.24, 2.45) is 5.92 Å². The number of aromatic nitrogens is 1. The Morgan fingerprint density at radius 1 is 1.29 bits per heavy atom. The number of hydrogen-bond donors (Lipinski definition) is 1. The molecule has 0 saturated heterocycles. The van der Waals surface area contributed by atoms with Gasteiger partial charge >= 0.3 is 0 Å². The summed E-state index contributed by atoms with van der Waals surface area (Å²) < 4.78 is 1.98. The average molecular weight is 291 g/mol. The number of rotatable bonds is 6. The second kappa shape index (κ2) is 7.23. The van der Waals surface area contributed by atoms with E-state index in [0.29, 0.717) is 12.5 Å². The van der Waals surface area contributed by atoms with Gasteiger partial charge in [-0.2, -0.15) is 0 Å². The van der Waals surface area contributed by atoms with Crippen molar-refractivity contribution in [3.05, 3.63) is 33.2 Å². The summed E-state index contributed by atoms with van der Waals surface area (Å²) in [5.41, 5.74) is 3.69. The minimum atomic E-state index is 0.192. The molecule has 0 atom stereocenters. The van der Waals surface area contributed by atoms with Gasteiger partial charge in [-0.3, -0.25) is 9.69 Å². The van der Waals surface area contributed by atoms with Crippen LogP contribution in [0, 0.1) is 5.92 Å². The van der Waals surface area contributed by atoms with Gasteiger partial charge in [0.1, 0.15) is 0 Å². The minimum absolute atomic E-state index is 0.192. The molecule has 2 rings (SSSR count). The average Bonchev–Trinajstić information content (AvgIpc) is 2.47. The van der Waals surface area contributed by atoms with Crippen LogP contribution in [0.15, 0.2) is 10.9 Å². The number of nitrogens with zero attached hydrogens (tertiary/aromatic N) is 2. The van der Waals surface area contributed by atoms with E-state index in [-0.39, 0.29) is 5.56 Å². The molecular weight excluding hydrogens is 262 g/mol. The molecule has 0 spiro atoms. The molecule has 0 aromatic carbocycles. The first-order valence-electron chi connectivity index (χ1n) is 8.24. The van der Waals surface area contributed by atoms with E-state index in [4.69, 9.17) is 0 Å². The summed E-state index contributed by atoms with van der Waals surface area (Å²) in [6.45, 7) is 14.1. The maximum Gasteiger partial charge on any atom is 0.255 e. The van der Waals surface area contributed by atoms with Gasteiger partial charge in [0.05, 0.1) is 0 Å². The number of pyridine rings is 1. The minimum Gasteiger partial charge on any atom is -0.312 e. The summed E-state index contributed by atoms with van der Waals surface area (Å²) in [4.78, 5) is 15.1. The van der Waals surface area contributed by atoms with Crippen LogP contribution in [0.2, 0.25) is 0 Å². The van der Waals surface area contributed by atoms with Crippen molar-refractivity contribution in [1.82, 2.24) is 14.8 Å². The van der Waals surface area contributed by atoms with Gasteiger partial charge in [-0.1, -0.05) is 20.8 Å². The van der Waals surface area contributed by atoms with Gasteiger partial charge < -0.3 is 9.88 Å². The van der Waals surface area contributed by atoms with Crippen molar-refractivity contribution >= 4 is 0 Å². The van der Waals surface area contributed by atoms with Crippen LogP contribution >= 0.6 is 0 Å². The van der Waals surface area contributed by atoms with Gasteiger partial charge in [-0.15, -0.1) is 0 Å². The van der Waals surface area contributed by atoms with Gasteiger partial charge in [0.25, 0.3) is 5.56 Å². The van der Waals surface area contributed by atoms with Crippen LogP contribution in [-0.4, -0.2) is 29.1 Å². The Labute approximate surface area is 128 Å². The van der Waals surface area contributed by atoms with E-state index < -0.39 is 0 Å². The van der Waals surface area contributed by atoms with Crippen molar-refractivity contribution in [3.8, 4) is 0 Å². The second-order valence-electron chi connectivity index (χ2n) is 6.33. The monoisotopic (exact) mass is 291 g/mol. The van der Waals surface area contributed by atoms with Crippen LogP contribution in [0.1, 0.15) is 44.5 Å².